The fourth-order valence-electron chi connectivity index (χ4n) is 5.57. The first kappa shape index (κ1) is 25.3. The molecule has 0 amide bonds. The quantitative estimate of drug-likeness (QED) is 0.434. The number of nitrogens with two attached hydrogens (primary N) is 1. The van der Waals surface area contributed by atoms with E-state index in [1.54, 1.807) is 31.2 Å². The zero-order valence-corrected chi connectivity index (χ0v) is 22.4. The molecule has 5 rings (SSSR count). The number of sulfone groups is 1. The van der Waals surface area contributed by atoms with Gasteiger partial charge in [-0.05, 0) is 67.1 Å². The van der Waals surface area contributed by atoms with Crippen molar-refractivity contribution in [3.8, 4) is 0 Å². The number of benzene rings is 2. The Morgan fingerprint density at radius 3 is 2.31 bits per heavy atom. The molecule has 1 unspecified atom stereocenters. The number of halogens is 1. The second-order valence-electron chi connectivity index (χ2n) is 9.73. The molecular weight excluding hydrogens is 516 g/mol. The lowest BCUT2D eigenvalue weighted by Crippen LogP contribution is -2.18. The highest BCUT2D eigenvalue weighted by molar-refractivity contribution is 7.92. The standard InChI is InChI=1S/C27H29ClN2O4S2/c1-18-26(36(29,33)34)16-25(30(18)17-19-7-3-2-4-8-19)24-15-27(23-10-6-5-9-22(23)24)35(31,32)21-13-11-20(28)12-14-21/h5-6,9-16,19,27H,2-4,7-8,17H2,1H3,(H2,29,33,34). The second-order valence-corrected chi connectivity index (χ2v) is 13.8. The summed E-state index contributed by atoms with van der Waals surface area (Å²) in [6, 6.07) is 15.2. The molecule has 0 bridgehead atoms. The zero-order valence-electron chi connectivity index (χ0n) is 20.0. The average Bonchev–Trinajstić information content (AvgIpc) is 3.39. The molecule has 0 spiro atoms. The van der Waals surface area contributed by atoms with E-state index in [9.17, 15) is 16.8 Å². The first-order valence-electron chi connectivity index (χ1n) is 12.1. The lowest BCUT2D eigenvalue weighted by atomic mass is 9.89. The van der Waals surface area contributed by atoms with Crippen LogP contribution in [0.15, 0.2) is 70.5 Å². The molecule has 3 aromatic rings. The van der Waals surface area contributed by atoms with E-state index in [0.29, 0.717) is 40.0 Å². The Morgan fingerprint density at radius 2 is 1.64 bits per heavy atom. The van der Waals surface area contributed by atoms with E-state index in [4.69, 9.17) is 16.7 Å². The van der Waals surface area contributed by atoms with Crippen LogP contribution in [0.2, 0.25) is 5.02 Å². The van der Waals surface area contributed by atoms with Crippen LogP contribution in [0, 0.1) is 12.8 Å². The van der Waals surface area contributed by atoms with Gasteiger partial charge in [0.15, 0.2) is 9.84 Å². The topological polar surface area (TPSA) is 99.2 Å². The number of fused-ring (bicyclic) bond motifs is 1. The van der Waals surface area contributed by atoms with Crippen LogP contribution < -0.4 is 5.14 Å². The van der Waals surface area contributed by atoms with Crippen LogP contribution >= 0.6 is 11.6 Å². The van der Waals surface area contributed by atoms with Gasteiger partial charge in [-0.1, -0.05) is 61.2 Å². The van der Waals surface area contributed by atoms with Gasteiger partial charge >= 0.3 is 0 Å². The number of sulfonamides is 1. The summed E-state index contributed by atoms with van der Waals surface area (Å²) in [7, 11) is -7.72. The van der Waals surface area contributed by atoms with Gasteiger partial charge in [-0.25, -0.2) is 22.0 Å². The van der Waals surface area contributed by atoms with Gasteiger partial charge in [-0.3, -0.25) is 0 Å². The Hall–Kier alpha value is -2.39. The monoisotopic (exact) mass is 544 g/mol. The van der Waals surface area contributed by atoms with Crippen molar-refractivity contribution in [1.82, 2.24) is 4.57 Å². The van der Waals surface area contributed by atoms with Crippen molar-refractivity contribution < 1.29 is 16.8 Å². The van der Waals surface area contributed by atoms with Gasteiger partial charge < -0.3 is 4.57 Å². The summed E-state index contributed by atoms with van der Waals surface area (Å²) in [6.07, 6.45) is 7.47. The van der Waals surface area contributed by atoms with E-state index in [0.717, 1.165) is 31.2 Å². The maximum absolute atomic E-state index is 13.7. The third-order valence-corrected chi connectivity index (χ3v) is 10.7. The molecule has 2 aliphatic carbocycles. The number of aromatic nitrogens is 1. The molecule has 6 nitrogen and oxygen atoms in total. The Morgan fingerprint density at radius 1 is 0.972 bits per heavy atom. The predicted octanol–water partition coefficient (Wildman–Crippen LogP) is 5.64. The second kappa shape index (κ2) is 9.49. The van der Waals surface area contributed by atoms with Crippen LogP contribution in [0.1, 0.15) is 59.9 Å². The van der Waals surface area contributed by atoms with E-state index in [-0.39, 0.29) is 9.79 Å². The van der Waals surface area contributed by atoms with Crippen LogP contribution in [-0.4, -0.2) is 21.4 Å². The molecule has 1 saturated carbocycles. The maximum Gasteiger partial charge on any atom is 0.239 e. The van der Waals surface area contributed by atoms with Gasteiger partial charge in [0.05, 0.1) is 4.90 Å². The lowest BCUT2D eigenvalue weighted by molar-refractivity contribution is 0.316. The molecule has 1 atom stereocenters. The molecule has 1 fully saturated rings. The van der Waals surface area contributed by atoms with Crippen LogP contribution in [-0.2, 0) is 26.4 Å². The van der Waals surface area contributed by atoms with E-state index in [2.05, 4.69) is 0 Å². The highest BCUT2D eigenvalue weighted by Gasteiger charge is 2.36. The Labute approximate surface area is 217 Å². The van der Waals surface area contributed by atoms with Crippen LogP contribution in [0.5, 0.6) is 0 Å². The van der Waals surface area contributed by atoms with Crippen LogP contribution in [0.25, 0.3) is 5.57 Å². The van der Waals surface area contributed by atoms with Gasteiger partial charge in [0, 0.05) is 28.5 Å². The summed E-state index contributed by atoms with van der Waals surface area (Å²) < 4.78 is 54.3. The van der Waals surface area contributed by atoms with Crippen molar-refractivity contribution in [2.75, 3.05) is 0 Å². The molecule has 36 heavy (non-hydrogen) atoms. The van der Waals surface area contributed by atoms with Crippen molar-refractivity contribution in [3.05, 3.63) is 88.2 Å². The number of nitrogens with zero attached hydrogens (tertiary/aromatic N) is 1. The van der Waals surface area contributed by atoms with E-state index >= 15 is 0 Å². The van der Waals surface area contributed by atoms with Gasteiger partial charge in [0.1, 0.15) is 10.1 Å². The minimum Gasteiger partial charge on any atom is -0.343 e. The summed E-state index contributed by atoms with van der Waals surface area (Å²) in [5, 5.41) is 5.14. The largest absolute Gasteiger partial charge is 0.343 e. The van der Waals surface area contributed by atoms with Crippen molar-refractivity contribution in [3.63, 3.8) is 0 Å². The summed E-state index contributed by atoms with van der Waals surface area (Å²) in [5.74, 6) is 0.433. The fourth-order valence-corrected chi connectivity index (χ4v) is 8.15. The summed E-state index contributed by atoms with van der Waals surface area (Å²) in [6.45, 7) is 2.44. The predicted molar refractivity (Wildman–Crippen MR) is 142 cm³/mol. The molecule has 1 heterocycles. The molecule has 1 aromatic heterocycles. The van der Waals surface area contributed by atoms with Gasteiger partial charge in [0.25, 0.3) is 0 Å². The Balaban J connectivity index is 1.67. The minimum absolute atomic E-state index is 0.0794. The SMILES string of the molecule is Cc1c(S(N)(=O)=O)cc(C2=CC(S(=O)(=O)c3ccc(Cl)cc3)c3ccccc32)n1CC1CCCCC1. The first-order chi connectivity index (χ1) is 17.1. The van der Waals surface area contributed by atoms with Crippen molar-refractivity contribution >= 4 is 37.0 Å². The minimum atomic E-state index is -3.95. The third kappa shape index (κ3) is 4.56. The van der Waals surface area contributed by atoms with Gasteiger partial charge in [-0.2, -0.15) is 0 Å². The van der Waals surface area contributed by atoms with Crippen molar-refractivity contribution in [2.45, 2.75) is 60.6 Å². The molecule has 9 heteroatoms. The lowest BCUT2D eigenvalue weighted by Gasteiger charge is -2.24. The molecule has 0 aliphatic heterocycles. The maximum atomic E-state index is 13.7. The molecule has 190 valence electrons. The molecule has 2 N–H and O–H groups in total. The van der Waals surface area contributed by atoms with E-state index < -0.39 is 25.1 Å². The number of hydrogen-bond donors (Lipinski definition) is 1. The smallest absolute Gasteiger partial charge is 0.239 e. The zero-order chi connectivity index (χ0) is 25.7. The Kier molecular flexibility index (Phi) is 6.66. The summed E-state index contributed by atoms with van der Waals surface area (Å²) in [4.78, 5) is 0.263. The average molecular weight is 545 g/mol. The highest BCUT2D eigenvalue weighted by Crippen LogP contribution is 2.45. The van der Waals surface area contributed by atoms with Crippen LogP contribution in [0.4, 0.5) is 0 Å². The number of hydrogen-bond acceptors (Lipinski definition) is 4. The molecule has 2 aliphatic rings. The van der Waals surface area contributed by atoms with Crippen LogP contribution in [0.3, 0.4) is 0 Å². The summed E-state index contributed by atoms with van der Waals surface area (Å²) in [5.41, 5.74) is 3.43. The molecular formula is C27H29ClN2O4S2. The number of rotatable bonds is 6. The van der Waals surface area contributed by atoms with E-state index in [1.807, 2.05) is 28.8 Å². The molecule has 2 aromatic carbocycles. The highest BCUT2D eigenvalue weighted by atomic mass is 35.5. The molecule has 0 radical (unpaired) electrons. The fraction of sp³-hybridized carbons (Fsp3) is 0.333. The third-order valence-electron chi connectivity index (χ3n) is 7.42. The first-order valence-corrected chi connectivity index (χ1v) is 15.6. The van der Waals surface area contributed by atoms with E-state index in [1.165, 1.54) is 18.6 Å². The van der Waals surface area contributed by atoms with Gasteiger partial charge in [-0.15, -0.1) is 0 Å². The number of primary sulfonamides is 1. The normalized spacial score (nSPS) is 18.8. The summed E-state index contributed by atoms with van der Waals surface area (Å²) >= 11 is 5.99. The van der Waals surface area contributed by atoms with Gasteiger partial charge in [0.2, 0.25) is 10.0 Å². The molecule has 0 saturated heterocycles. The van der Waals surface area contributed by atoms with Crippen molar-refractivity contribution in [1.29, 1.82) is 0 Å². The van der Waals surface area contributed by atoms with Crippen molar-refractivity contribution in [2.24, 2.45) is 11.1 Å². The Bertz CT molecular complexity index is 1550.